The van der Waals surface area contributed by atoms with Gasteiger partial charge >= 0.3 is 12.1 Å². The smallest absolute Gasteiger partial charge is 0.415 e. The van der Waals surface area contributed by atoms with E-state index in [2.05, 4.69) is 10.6 Å². The van der Waals surface area contributed by atoms with Gasteiger partial charge in [0.15, 0.2) is 0 Å². The molecule has 2 N–H and O–H groups in total. The molecule has 2 saturated heterocycles. The topological polar surface area (TPSA) is 100 Å². The number of hydrogen-bond acceptors (Lipinski definition) is 6. The third-order valence-corrected chi connectivity index (χ3v) is 6.48. The van der Waals surface area contributed by atoms with Gasteiger partial charge in [-0.2, -0.15) is 0 Å². The third-order valence-electron chi connectivity index (χ3n) is 5.25. The number of carbonyl (C=O) groups excluding carboxylic acids is 3. The molecule has 2 fully saturated rings. The van der Waals surface area contributed by atoms with E-state index < -0.39 is 12.2 Å². The van der Waals surface area contributed by atoms with Gasteiger partial charge < -0.3 is 20.1 Å². The Morgan fingerprint density at radius 2 is 2.17 bits per heavy atom. The zero-order valence-corrected chi connectivity index (χ0v) is 17.2. The summed E-state index contributed by atoms with van der Waals surface area (Å²) in [6.07, 6.45) is -1.04. The molecule has 0 bridgehead atoms. The van der Waals surface area contributed by atoms with E-state index in [-0.39, 0.29) is 31.1 Å². The van der Waals surface area contributed by atoms with Gasteiger partial charge in [-0.1, -0.05) is 11.6 Å². The van der Waals surface area contributed by atoms with E-state index in [1.165, 1.54) is 11.3 Å². The number of ether oxygens (including phenoxy) is 2. The largest absolute Gasteiger partial charge is 0.489 e. The number of nitrogens with zero attached hydrogens (tertiary/aromatic N) is 2. The fraction of sp³-hybridized carbons (Fsp3) is 0.316. The maximum Gasteiger partial charge on any atom is 0.415 e. The first-order valence-electron chi connectivity index (χ1n) is 9.37. The molecule has 3 aliphatic heterocycles. The van der Waals surface area contributed by atoms with Crippen LogP contribution < -0.4 is 25.2 Å². The van der Waals surface area contributed by atoms with Crippen molar-refractivity contribution in [3.63, 3.8) is 0 Å². The van der Waals surface area contributed by atoms with Gasteiger partial charge in [0.05, 0.1) is 21.4 Å². The van der Waals surface area contributed by atoms with E-state index in [4.69, 9.17) is 21.1 Å². The van der Waals surface area contributed by atoms with Gasteiger partial charge in [0.2, 0.25) is 0 Å². The number of anilines is 2. The van der Waals surface area contributed by atoms with Gasteiger partial charge in [-0.25, -0.2) is 9.59 Å². The molecule has 5 rings (SSSR count). The number of amides is 4. The maximum absolute atomic E-state index is 12.5. The summed E-state index contributed by atoms with van der Waals surface area (Å²) in [4.78, 5) is 40.4. The number of halogens is 1. The molecule has 0 radical (unpaired) electrons. The van der Waals surface area contributed by atoms with Gasteiger partial charge in [-0.3, -0.25) is 14.6 Å². The van der Waals surface area contributed by atoms with Crippen LogP contribution in [-0.2, 0) is 4.74 Å². The summed E-state index contributed by atoms with van der Waals surface area (Å²) >= 11 is 7.05. The molecule has 9 nitrogen and oxygen atoms in total. The third kappa shape index (κ3) is 3.21. The average Bonchev–Trinajstić information content (AvgIpc) is 3.45. The van der Waals surface area contributed by atoms with Crippen molar-refractivity contribution < 1.29 is 23.9 Å². The Kier molecular flexibility index (Phi) is 4.67. The van der Waals surface area contributed by atoms with E-state index in [0.29, 0.717) is 39.4 Å². The van der Waals surface area contributed by atoms with E-state index in [0.717, 1.165) is 0 Å². The normalized spacial score (nSPS) is 22.2. The van der Waals surface area contributed by atoms with Crippen LogP contribution in [0.4, 0.5) is 21.0 Å². The SMILES string of the molecule is O=C(NC[C@@H]1OC(=O)N2c3ccc(N4CCNC4=O)cc3OC[C@@H]12)c1ccc(Cl)s1. The lowest BCUT2D eigenvalue weighted by Gasteiger charge is -2.32. The lowest BCUT2D eigenvalue weighted by molar-refractivity contribution is 0.0890. The Bertz CT molecular complexity index is 1040. The Hall–Kier alpha value is -2.98. The molecule has 156 valence electrons. The highest BCUT2D eigenvalue weighted by molar-refractivity contribution is 7.18. The van der Waals surface area contributed by atoms with Crippen molar-refractivity contribution in [2.45, 2.75) is 12.1 Å². The first-order valence-corrected chi connectivity index (χ1v) is 10.6. The molecule has 11 heteroatoms. The molecule has 4 amide bonds. The monoisotopic (exact) mass is 448 g/mol. The van der Waals surface area contributed by atoms with Crippen molar-refractivity contribution in [1.29, 1.82) is 0 Å². The molecule has 0 aliphatic carbocycles. The molecule has 0 saturated carbocycles. The minimum Gasteiger partial charge on any atom is -0.489 e. The second kappa shape index (κ2) is 7.37. The lowest BCUT2D eigenvalue weighted by atomic mass is 10.1. The summed E-state index contributed by atoms with van der Waals surface area (Å²) in [5.41, 5.74) is 1.28. The van der Waals surface area contributed by atoms with Gasteiger partial charge in [-0.15, -0.1) is 11.3 Å². The summed E-state index contributed by atoms with van der Waals surface area (Å²) in [7, 11) is 0. The number of rotatable bonds is 4. The summed E-state index contributed by atoms with van der Waals surface area (Å²) in [5, 5.41) is 5.54. The van der Waals surface area contributed by atoms with Crippen molar-refractivity contribution in [2.75, 3.05) is 36.0 Å². The molecule has 30 heavy (non-hydrogen) atoms. The van der Waals surface area contributed by atoms with E-state index in [1.807, 2.05) is 0 Å². The number of urea groups is 1. The number of benzene rings is 1. The van der Waals surface area contributed by atoms with Crippen LogP contribution in [0.2, 0.25) is 4.34 Å². The van der Waals surface area contributed by atoms with Crippen LogP contribution in [0.3, 0.4) is 0 Å². The number of hydrogen-bond donors (Lipinski definition) is 2. The molecule has 1 aromatic carbocycles. The second-order valence-electron chi connectivity index (χ2n) is 7.02. The molecule has 1 aromatic heterocycles. The second-order valence-corrected chi connectivity index (χ2v) is 8.74. The van der Waals surface area contributed by atoms with Gasteiger partial charge in [-0.05, 0) is 24.3 Å². The predicted octanol–water partition coefficient (Wildman–Crippen LogP) is 2.45. The molecule has 3 aliphatic rings. The highest BCUT2D eigenvalue weighted by Gasteiger charge is 2.46. The molecular weight excluding hydrogens is 432 g/mol. The fourth-order valence-corrected chi connectivity index (χ4v) is 4.76. The lowest BCUT2D eigenvalue weighted by Crippen LogP contribution is -2.47. The molecular formula is C19H17ClN4O5S. The minimum absolute atomic E-state index is 0.159. The van der Waals surface area contributed by atoms with Crippen LogP contribution in [0, 0.1) is 0 Å². The summed E-state index contributed by atoms with van der Waals surface area (Å²) in [5.74, 6) is 0.241. The highest BCUT2D eigenvalue weighted by Crippen LogP contribution is 2.41. The maximum atomic E-state index is 12.5. The molecule has 2 aromatic rings. The van der Waals surface area contributed by atoms with Crippen LogP contribution in [0.15, 0.2) is 30.3 Å². The Labute approximate surface area is 180 Å². The fourth-order valence-electron chi connectivity index (χ4n) is 3.80. The molecule has 2 atom stereocenters. The van der Waals surface area contributed by atoms with Crippen molar-refractivity contribution in [1.82, 2.24) is 10.6 Å². The molecule has 0 unspecified atom stereocenters. The molecule has 0 spiro atoms. The van der Waals surface area contributed by atoms with Crippen molar-refractivity contribution in [3.8, 4) is 5.75 Å². The van der Waals surface area contributed by atoms with Gasteiger partial charge in [0, 0.05) is 24.8 Å². The minimum atomic E-state index is -0.547. The van der Waals surface area contributed by atoms with Gasteiger partial charge in [0.1, 0.15) is 24.5 Å². The molecule has 4 heterocycles. The summed E-state index contributed by atoms with van der Waals surface area (Å²) in [6, 6.07) is 8.05. The summed E-state index contributed by atoms with van der Waals surface area (Å²) < 4.78 is 11.9. The predicted molar refractivity (Wildman–Crippen MR) is 111 cm³/mol. The Morgan fingerprint density at radius 1 is 1.30 bits per heavy atom. The first-order chi connectivity index (χ1) is 14.5. The number of nitrogens with one attached hydrogen (secondary N) is 2. The zero-order valence-electron chi connectivity index (χ0n) is 15.6. The first kappa shape index (κ1) is 19.0. The van der Waals surface area contributed by atoms with E-state index in [1.54, 1.807) is 40.1 Å². The van der Waals surface area contributed by atoms with Crippen LogP contribution in [0.1, 0.15) is 9.67 Å². The number of carbonyl (C=O) groups is 3. The van der Waals surface area contributed by atoms with Crippen LogP contribution in [0.5, 0.6) is 5.75 Å². The van der Waals surface area contributed by atoms with Crippen molar-refractivity contribution >= 4 is 52.3 Å². The average molecular weight is 449 g/mol. The van der Waals surface area contributed by atoms with E-state index in [9.17, 15) is 14.4 Å². The Morgan fingerprint density at radius 3 is 2.90 bits per heavy atom. The number of cyclic esters (lactones) is 1. The van der Waals surface area contributed by atoms with Crippen LogP contribution >= 0.6 is 22.9 Å². The zero-order chi connectivity index (χ0) is 20.8. The quantitative estimate of drug-likeness (QED) is 0.748. The standard InChI is InChI=1S/C19H17ClN4O5S/c20-16-4-3-15(30-16)17(25)22-8-14-12-9-28-13-7-10(23-6-5-21-18(23)26)1-2-11(13)24(12)19(27)29-14/h1-4,7,12,14H,5-6,8-9H2,(H,21,26)(H,22,25)/t12-,14-/m0/s1. The van der Waals surface area contributed by atoms with E-state index >= 15 is 0 Å². The van der Waals surface area contributed by atoms with Gasteiger partial charge in [0.25, 0.3) is 5.91 Å². The van der Waals surface area contributed by atoms with Crippen LogP contribution in [-0.4, -0.2) is 56.4 Å². The summed E-state index contributed by atoms with van der Waals surface area (Å²) in [6.45, 7) is 1.54. The highest BCUT2D eigenvalue weighted by atomic mass is 35.5. The number of thiophene rings is 1. The number of fused-ring (bicyclic) bond motifs is 3. The Balaban J connectivity index is 1.31. The van der Waals surface area contributed by atoms with Crippen molar-refractivity contribution in [3.05, 3.63) is 39.5 Å². The van der Waals surface area contributed by atoms with Crippen LogP contribution in [0.25, 0.3) is 0 Å². The van der Waals surface area contributed by atoms with Crippen molar-refractivity contribution in [2.24, 2.45) is 0 Å².